The number of anilines is 1. The zero-order valence-electron chi connectivity index (χ0n) is 10.6. The van der Waals surface area contributed by atoms with Crippen molar-refractivity contribution in [3.8, 4) is 0 Å². The monoisotopic (exact) mass is 261 g/mol. The first-order chi connectivity index (χ1) is 8.74. The van der Waals surface area contributed by atoms with Gasteiger partial charge in [0, 0.05) is 24.7 Å². The lowest BCUT2D eigenvalue weighted by Crippen LogP contribution is -2.30. The molecule has 2 aliphatic carbocycles. The van der Waals surface area contributed by atoms with E-state index in [9.17, 15) is 0 Å². The lowest BCUT2D eigenvalue weighted by atomic mass is 10.2. The van der Waals surface area contributed by atoms with Crippen LogP contribution < -0.4 is 10.6 Å². The predicted octanol–water partition coefficient (Wildman–Crippen LogP) is 2.22. The fourth-order valence-corrected chi connectivity index (χ4v) is 2.76. The molecule has 1 fully saturated rings. The molecule has 0 amide bonds. The molecule has 2 N–H and O–H groups in total. The average Bonchev–Trinajstić information content (AvgIpc) is 3.07. The molecule has 3 nitrogen and oxygen atoms in total. The normalized spacial score (nSPS) is 17.6. The lowest BCUT2D eigenvalue weighted by molar-refractivity contribution is 0.780. The SMILES string of the molecule is NC(=S)CCN(c1ccc2c(n1)CCC2)C1CC1. The quantitative estimate of drug-likeness (QED) is 0.825. The Kier molecular flexibility index (Phi) is 3.20. The summed E-state index contributed by atoms with van der Waals surface area (Å²) in [5.74, 6) is 1.12. The van der Waals surface area contributed by atoms with Crippen LogP contribution in [0.15, 0.2) is 12.1 Å². The second-order valence-electron chi connectivity index (χ2n) is 5.27. The topological polar surface area (TPSA) is 42.1 Å². The maximum atomic E-state index is 5.61. The molecular weight excluding hydrogens is 242 g/mol. The molecule has 1 saturated carbocycles. The van der Waals surface area contributed by atoms with E-state index in [-0.39, 0.29) is 0 Å². The van der Waals surface area contributed by atoms with Crippen molar-refractivity contribution >= 4 is 23.0 Å². The summed E-state index contributed by atoms with van der Waals surface area (Å²) >= 11 is 4.98. The number of aromatic nitrogens is 1. The van der Waals surface area contributed by atoms with Crippen LogP contribution >= 0.6 is 12.2 Å². The summed E-state index contributed by atoms with van der Waals surface area (Å²) in [6, 6.07) is 5.08. The number of fused-ring (bicyclic) bond motifs is 1. The van der Waals surface area contributed by atoms with Gasteiger partial charge in [-0.2, -0.15) is 0 Å². The van der Waals surface area contributed by atoms with E-state index in [1.807, 2.05) is 0 Å². The van der Waals surface area contributed by atoms with Crippen LogP contribution in [0.4, 0.5) is 5.82 Å². The standard InChI is InChI=1S/C14H19N3S/c15-13(18)8-9-17(11-5-6-11)14-7-4-10-2-1-3-12(10)16-14/h4,7,11H,1-3,5-6,8-9H2,(H2,15,18). The molecule has 1 aromatic heterocycles. The Labute approximate surface area is 113 Å². The summed E-state index contributed by atoms with van der Waals surface area (Å²) in [5, 5.41) is 0. The van der Waals surface area contributed by atoms with Gasteiger partial charge >= 0.3 is 0 Å². The number of hydrogen-bond acceptors (Lipinski definition) is 3. The highest BCUT2D eigenvalue weighted by atomic mass is 32.1. The number of nitrogens with two attached hydrogens (primary N) is 1. The van der Waals surface area contributed by atoms with Crippen molar-refractivity contribution in [1.29, 1.82) is 0 Å². The van der Waals surface area contributed by atoms with Crippen LogP contribution in [-0.4, -0.2) is 22.6 Å². The van der Waals surface area contributed by atoms with Crippen molar-refractivity contribution in [3.63, 3.8) is 0 Å². The van der Waals surface area contributed by atoms with Gasteiger partial charge in [0.15, 0.2) is 0 Å². The first-order valence-corrected chi connectivity index (χ1v) is 7.18. The Morgan fingerprint density at radius 3 is 2.94 bits per heavy atom. The van der Waals surface area contributed by atoms with Crippen LogP contribution in [0.1, 0.15) is 36.9 Å². The zero-order chi connectivity index (χ0) is 12.5. The van der Waals surface area contributed by atoms with E-state index in [2.05, 4.69) is 17.0 Å². The number of aryl methyl sites for hydroxylation is 2. The van der Waals surface area contributed by atoms with Gasteiger partial charge < -0.3 is 10.6 Å². The molecule has 2 aliphatic rings. The molecule has 0 saturated heterocycles. The summed E-state index contributed by atoms with van der Waals surface area (Å²) in [6.07, 6.45) is 6.91. The van der Waals surface area contributed by atoms with Crippen LogP contribution in [0.25, 0.3) is 0 Å². The minimum absolute atomic E-state index is 0.599. The van der Waals surface area contributed by atoms with Crippen molar-refractivity contribution in [2.24, 2.45) is 5.73 Å². The Balaban J connectivity index is 1.79. The highest BCUT2D eigenvalue weighted by Crippen LogP contribution is 2.32. The van der Waals surface area contributed by atoms with Gasteiger partial charge in [-0.25, -0.2) is 4.98 Å². The second-order valence-corrected chi connectivity index (χ2v) is 5.79. The third-order valence-corrected chi connectivity index (χ3v) is 4.00. The van der Waals surface area contributed by atoms with Crippen molar-refractivity contribution < 1.29 is 0 Å². The van der Waals surface area contributed by atoms with Crippen LogP contribution in [0.3, 0.4) is 0 Å². The van der Waals surface area contributed by atoms with Crippen molar-refractivity contribution in [1.82, 2.24) is 4.98 Å². The predicted molar refractivity (Wildman–Crippen MR) is 78.0 cm³/mol. The maximum Gasteiger partial charge on any atom is 0.129 e. The first kappa shape index (κ1) is 11.9. The Hall–Kier alpha value is -1.16. The minimum Gasteiger partial charge on any atom is -0.393 e. The van der Waals surface area contributed by atoms with Crippen LogP contribution in [0.2, 0.25) is 0 Å². The molecular formula is C14H19N3S. The van der Waals surface area contributed by atoms with E-state index in [1.54, 1.807) is 0 Å². The molecule has 0 unspecified atom stereocenters. The fourth-order valence-electron chi connectivity index (χ4n) is 2.67. The van der Waals surface area contributed by atoms with Crippen LogP contribution in [0.5, 0.6) is 0 Å². The highest BCUT2D eigenvalue weighted by molar-refractivity contribution is 7.80. The molecule has 0 aliphatic heterocycles. The first-order valence-electron chi connectivity index (χ1n) is 6.78. The molecule has 1 heterocycles. The van der Waals surface area contributed by atoms with E-state index in [0.29, 0.717) is 11.0 Å². The van der Waals surface area contributed by atoms with E-state index in [0.717, 1.165) is 25.2 Å². The van der Waals surface area contributed by atoms with E-state index >= 15 is 0 Å². The molecule has 0 radical (unpaired) electrons. The maximum absolute atomic E-state index is 5.61. The summed E-state index contributed by atoms with van der Waals surface area (Å²) in [6.45, 7) is 0.909. The fraction of sp³-hybridized carbons (Fsp3) is 0.571. The van der Waals surface area contributed by atoms with Gasteiger partial charge in [0.05, 0.1) is 4.99 Å². The summed E-state index contributed by atoms with van der Waals surface area (Å²) in [5.41, 5.74) is 8.35. The molecule has 0 spiro atoms. The van der Waals surface area contributed by atoms with E-state index < -0.39 is 0 Å². The smallest absolute Gasteiger partial charge is 0.129 e. The van der Waals surface area contributed by atoms with Crippen LogP contribution in [-0.2, 0) is 12.8 Å². The third-order valence-electron chi connectivity index (χ3n) is 3.79. The highest BCUT2D eigenvalue weighted by Gasteiger charge is 2.30. The molecule has 3 rings (SSSR count). The number of pyridine rings is 1. The zero-order valence-corrected chi connectivity index (χ0v) is 11.4. The molecule has 4 heteroatoms. The number of rotatable bonds is 5. The number of thiocarbonyl (C=S) groups is 1. The molecule has 0 aromatic carbocycles. The number of hydrogen-bond donors (Lipinski definition) is 1. The minimum atomic E-state index is 0.599. The summed E-state index contributed by atoms with van der Waals surface area (Å²) in [4.78, 5) is 7.82. The summed E-state index contributed by atoms with van der Waals surface area (Å²) < 4.78 is 0. The lowest BCUT2D eigenvalue weighted by Gasteiger charge is -2.24. The van der Waals surface area contributed by atoms with E-state index in [1.165, 1.54) is 36.9 Å². The van der Waals surface area contributed by atoms with Gasteiger partial charge in [-0.15, -0.1) is 0 Å². The second kappa shape index (κ2) is 4.84. The van der Waals surface area contributed by atoms with Gasteiger partial charge in [0.2, 0.25) is 0 Å². The third kappa shape index (κ3) is 2.48. The van der Waals surface area contributed by atoms with Crippen LogP contribution in [0, 0.1) is 0 Å². The molecule has 18 heavy (non-hydrogen) atoms. The summed E-state index contributed by atoms with van der Waals surface area (Å²) in [7, 11) is 0. The molecule has 0 bridgehead atoms. The Morgan fingerprint density at radius 1 is 1.39 bits per heavy atom. The molecule has 96 valence electrons. The molecule has 0 atom stereocenters. The van der Waals surface area contributed by atoms with Crippen molar-refractivity contribution in [3.05, 3.63) is 23.4 Å². The van der Waals surface area contributed by atoms with Gasteiger partial charge in [-0.3, -0.25) is 0 Å². The largest absolute Gasteiger partial charge is 0.393 e. The molecule has 1 aromatic rings. The van der Waals surface area contributed by atoms with Crippen molar-refractivity contribution in [2.75, 3.05) is 11.4 Å². The average molecular weight is 261 g/mol. The van der Waals surface area contributed by atoms with Crippen molar-refractivity contribution in [2.45, 2.75) is 44.6 Å². The van der Waals surface area contributed by atoms with E-state index in [4.69, 9.17) is 22.9 Å². The van der Waals surface area contributed by atoms with Gasteiger partial charge in [0.25, 0.3) is 0 Å². The van der Waals surface area contributed by atoms with Gasteiger partial charge in [-0.1, -0.05) is 18.3 Å². The number of nitrogens with zero attached hydrogens (tertiary/aromatic N) is 2. The Bertz CT molecular complexity index is 468. The van der Waals surface area contributed by atoms with Gasteiger partial charge in [-0.05, 0) is 43.7 Å². The van der Waals surface area contributed by atoms with Gasteiger partial charge in [0.1, 0.15) is 5.82 Å². The Morgan fingerprint density at radius 2 is 2.22 bits per heavy atom.